The summed E-state index contributed by atoms with van der Waals surface area (Å²) < 4.78 is 5.10. The molecule has 0 unspecified atom stereocenters. The fourth-order valence-corrected chi connectivity index (χ4v) is 2.90. The number of nitro groups is 2. The molecular formula is C17H16N4O6S. The molecule has 0 spiro atoms. The fourth-order valence-electron chi connectivity index (χ4n) is 2.12. The van der Waals surface area contributed by atoms with Gasteiger partial charge in [0, 0.05) is 35.6 Å². The number of methoxy groups -OCH3 is 1. The van der Waals surface area contributed by atoms with Crippen molar-refractivity contribution in [3.63, 3.8) is 0 Å². The standard InChI is InChI=1S/C17H16N4O6S/c1-27-16-7-6-15(21(25)26)8-13(16)9-18-19-17(22)11-28-10-12-2-4-14(5-3-12)20(23)24/h2-9H,10-11H2,1H3,(H,19,22)/b18-9+. The minimum absolute atomic E-state index is 0.0115. The smallest absolute Gasteiger partial charge is 0.270 e. The monoisotopic (exact) mass is 404 g/mol. The van der Waals surface area contributed by atoms with E-state index in [1.807, 2.05) is 0 Å². The van der Waals surface area contributed by atoms with Crippen molar-refractivity contribution in [1.29, 1.82) is 0 Å². The minimum Gasteiger partial charge on any atom is -0.496 e. The molecule has 1 amide bonds. The van der Waals surface area contributed by atoms with Crippen LogP contribution < -0.4 is 10.2 Å². The first-order valence-corrected chi connectivity index (χ1v) is 9.01. The van der Waals surface area contributed by atoms with Crippen molar-refractivity contribution >= 4 is 35.3 Å². The average Bonchev–Trinajstić information content (AvgIpc) is 2.68. The predicted molar refractivity (Wildman–Crippen MR) is 105 cm³/mol. The molecular weight excluding hydrogens is 388 g/mol. The number of carbonyl (C=O) groups is 1. The van der Waals surface area contributed by atoms with Crippen molar-refractivity contribution in [2.24, 2.45) is 5.10 Å². The predicted octanol–water partition coefficient (Wildman–Crippen LogP) is 2.90. The normalized spacial score (nSPS) is 10.6. The van der Waals surface area contributed by atoms with Crippen LogP contribution in [0, 0.1) is 20.2 Å². The Morgan fingerprint density at radius 1 is 1.14 bits per heavy atom. The molecule has 0 bridgehead atoms. The SMILES string of the molecule is COc1ccc([N+](=O)[O-])cc1/C=N/NC(=O)CSCc1ccc([N+](=O)[O-])cc1. The lowest BCUT2D eigenvalue weighted by atomic mass is 10.2. The highest BCUT2D eigenvalue weighted by molar-refractivity contribution is 7.99. The number of nitrogens with one attached hydrogen (secondary N) is 1. The van der Waals surface area contributed by atoms with E-state index in [0.29, 0.717) is 17.1 Å². The van der Waals surface area contributed by atoms with E-state index < -0.39 is 9.85 Å². The third-order valence-electron chi connectivity index (χ3n) is 3.47. The van der Waals surface area contributed by atoms with Crippen LogP contribution in [0.4, 0.5) is 11.4 Å². The largest absolute Gasteiger partial charge is 0.496 e. The van der Waals surface area contributed by atoms with Gasteiger partial charge in [0.05, 0.1) is 28.9 Å². The Morgan fingerprint density at radius 2 is 1.79 bits per heavy atom. The summed E-state index contributed by atoms with van der Waals surface area (Å²) >= 11 is 1.32. The summed E-state index contributed by atoms with van der Waals surface area (Å²) in [7, 11) is 1.42. The number of carbonyl (C=O) groups excluding carboxylic acids is 1. The number of thioether (sulfide) groups is 1. The van der Waals surface area contributed by atoms with Crippen LogP contribution in [-0.4, -0.2) is 34.8 Å². The Balaban J connectivity index is 1.84. The molecule has 0 fully saturated rings. The van der Waals surface area contributed by atoms with E-state index in [1.54, 1.807) is 12.1 Å². The first-order chi connectivity index (χ1) is 13.4. The zero-order valence-electron chi connectivity index (χ0n) is 14.7. The van der Waals surface area contributed by atoms with Crippen LogP contribution in [-0.2, 0) is 10.5 Å². The van der Waals surface area contributed by atoms with Gasteiger partial charge in [-0.05, 0) is 11.6 Å². The van der Waals surface area contributed by atoms with Crippen LogP contribution in [0.3, 0.4) is 0 Å². The Kier molecular flexibility index (Phi) is 7.45. The highest BCUT2D eigenvalue weighted by atomic mass is 32.2. The first-order valence-electron chi connectivity index (χ1n) is 7.86. The van der Waals surface area contributed by atoms with Gasteiger partial charge in [-0.2, -0.15) is 5.10 Å². The second-order valence-corrected chi connectivity index (χ2v) is 6.38. The number of nitrogens with zero attached hydrogens (tertiary/aromatic N) is 3. The third kappa shape index (κ3) is 6.06. The van der Waals surface area contributed by atoms with Gasteiger partial charge in [-0.3, -0.25) is 25.0 Å². The van der Waals surface area contributed by atoms with E-state index >= 15 is 0 Å². The minimum atomic E-state index is -0.538. The van der Waals surface area contributed by atoms with Gasteiger partial charge in [0.25, 0.3) is 11.4 Å². The van der Waals surface area contributed by atoms with Crippen LogP contribution >= 0.6 is 11.8 Å². The van der Waals surface area contributed by atoms with Gasteiger partial charge in [0.2, 0.25) is 5.91 Å². The number of non-ortho nitro benzene ring substituents is 2. The summed E-state index contributed by atoms with van der Waals surface area (Å²) in [4.78, 5) is 32.3. The van der Waals surface area contributed by atoms with Gasteiger partial charge in [-0.15, -0.1) is 11.8 Å². The Morgan fingerprint density at radius 3 is 2.39 bits per heavy atom. The second kappa shape index (κ2) is 10.0. The lowest BCUT2D eigenvalue weighted by Crippen LogP contribution is -2.19. The number of nitro benzene ring substituents is 2. The van der Waals surface area contributed by atoms with Crippen LogP contribution in [0.5, 0.6) is 5.75 Å². The summed E-state index contributed by atoms with van der Waals surface area (Å²) in [5.74, 6) is 0.664. The molecule has 2 aromatic rings. The van der Waals surface area contributed by atoms with Crippen LogP contribution in [0.2, 0.25) is 0 Å². The summed E-state index contributed by atoms with van der Waals surface area (Å²) in [5, 5.41) is 25.2. The van der Waals surface area contributed by atoms with Gasteiger partial charge in [0.1, 0.15) is 5.75 Å². The van der Waals surface area contributed by atoms with Crippen molar-refractivity contribution in [3.8, 4) is 5.75 Å². The Bertz CT molecular complexity index is 901. The molecule has 0 radical (unpaired) electrons. The molecule has 0 heterocycles. The highest BCUT2D eigenvalue weighted by Crippen LogP contribution is 2.22. The number of benzene rings is 2. The maximum atomic E-state index is 11.8. The van der Waals surface area contributed by atoms with E-state index in [2.05, 4.69) is 10.5 Å². The van der Waals surface area contributed by atoms with Gasteiger partial charge in [-0.1, -0.05) is 12.1 Å². The van der Waals surface area contributed by atoms with Crippen molar-refractivity contribution in [3.05, 3.63) is 73.8 Å². The quantitative estimate of drug-likeness (QED) is 0.385. The summed E-state index contributed by atoms with van der Waals surface area (Å²) in [6.07, 6.45) is 1.27. The topological polar surface area (TPSA) is 137 Å². The van der Waals surface area contributed by atoms with E-state index in [4.69, 9.17) is 4.74 Å². The number of ether oxygens (including phenoxy) is 1. The fraction of sp³-hybridized carbons (Fsp3) is 0.176. The Labute approximate surface area is 163 Å². The molecule has 10 nitrogen and oxygen atoms in total. The van der Waals surface area contributed by atoms with Crippen molar-refractivity contribution < 1.29 is 19.4 Å². The molecule has 0 aromatic heterocycles. The second-order valence-electron chi connectivity index (χ2n) is 5.39. The molecule has 0 aliphatic carbocycles. The maximum Gasteiger partial charge on any atom is 0.270 e. The van der Waals surface area contributed by atoms with Gasteiger partial charge < -0.3 is 4.74 Å². The number of amides is 1. The Hall–Kier alpha value is -3.47. The molecule has 146 valence electrons. The molecule has 0 saturated heterocycles. The lowest BCUT2D eigenvalue weighted by Gasteiger charge is -2.04. The molecule has 0 saturated carbocycles. The lowest BCUT2D eigenvalue weighted by molar-refractivity contribution is -0.385. The van der Waals surface area contributed by atoms with E-state index in [-0.39, 0.29) is 23.0 Å². The summed E-state index contributed by atoms with van der Waals surface area (Å²) in [6.45, 7) is 0. The van der Waals surface area contributed by atoms with Gasteiger partial charge in [0.15, 0.2) is 0 Å². The molecule has 28 heavy (non-hydrogen) atoms. The summed E-state index contributed by atoms with van der Waals surface area (Å²) in [6, 6.07) is 10.1. The zero-order chi connectivity index (χ0) is 20.5. The molecule has 0 aliphatic rings. The van der Waals surface area contributed by atoms with Gasteiger partial charge >= 0.3 is 0 Å². The first kappa shape index (κ1) is 20.8. The number of hydrogen-bond donors (Lipinski definition) is 1. The van der Waals surface area contributed by atoms with Crippen LogP contribution in [0.15, 0.2) is 47.6 Å². The van der Waals surface area contributed by atoms with Crippen molar-refractivity contribution in [1.82, 2.24) is 5.43 Å². The molecule has 1 N–H and O–H groups in total. The number of hydrogen-bond acceptors (Lipinski definition) is 8. The molecule has 11 heteroatoms. The molecule has 0 aliphatic heterocycles. The maximum absolute atomic E-state index is 11.8. The number of hydrazone groups is 1. The van der Waals surface area contributed by atoms with E-state index in [1.165, 1.54) is 55.4 Å². The molecule has 0 atom stereocenters. The third-order valence-corrected chi connectivity index (χ3v) is 4.47. The zero-order valence-corrected chi connectivity index (χ0v) is 15.5. The van der Waals surface area contributed by atoms with Crippen molar-refractivity contribution in [2.75, 3.05) is 12.9 Å². The molecule has 2 aromatic carbocycles. The number of rotatable bonds is 9. The molecule has 2 rings (SSSR count). The van der Waals surface area contributed by atoms with Crippen LogP contribution in [0.25, 0.3) is 0 Å². The van der Waals surface area contributed by atoms with Crippen molar-refractivity contribution in [2.45, 2.75) is 5.75 Å². The van der Waals surface area contributed by atoms with Crippen LogP contribution in [0.1, 0.15) is 11.1 Å². The van der Waals surface area contributed by atoms with E-state index in [0.717, 1.165) is 5.56 Å². The van der Waals surface area contributed by atoms with Gasteiger partial charge in [-0.25, -0.2) is 5.43 Å². The summed E-state index contributed by atoms with van der Waals surface area (Å²) in [5.41, 5.74) is 3.44. The van der Waals surface area contributed by atoms with E-state index in [9.17, 15) is 25.0 Å². The average molecular weight is 404 g/mol. The highest BCUT2D eigenvalue weighted by Gasteiger charge is 2.10.